The van der Waals surface area contributed by atoms with Crippen LogP contribution in [0.4, 0.5) is 0 Å². The highest BCUT2D eigenvalue weighted by molar-refractivity contribution is 6.30. The minimum Gasteiger partial charge on any atom is -0.430 e. The number of benzene rings is 1. The van der Waals surface area contributed by atoms with E-state index in [2.05, 4.69) is 0 Å². The van der Waals surface area contributed by atoms with Crippen molar-refractivity contribution in [2.24, 2.45) is 0 Å². The summed E-state index contributed by atoms with van der Waals surface area (Å²) in [6, 6.07) is 8.75. The quantitative estimate of drug-likeness (QED) is 0.574. The minimum absolute atomic E-state index is 0.638. The first-order valence-corrected chi connectivity index (χ1v) is 3.49. The first-order valence-electron chi connectivity index (χ1n) is 3.12. The molecule has 0 spiro atoms. The summed E-state index contributed by atoms with van der Waals surface area (Å²) < 4.78 is 0. The van der Waals surface area contributed by atoms with Crippen molar-refractivity contribution in [3.63, 3.8) is 0 Å². The topological polar surface area (TPSA) is 64.2 Å². The molecule has 0 aliphatic carbocycles. The fourth-order valence-electron chi connectivity index (χ4n) is 0.524. The van der Waals surface area contributed by atoms with E-state index >= 15 is 0 Å². The van der Waals surface area contributed by atoms with Crippen LogP contribution in [0.15, 0.2) is 24.3 Å². The van der Waals surface area contributed by atoms with E-state index in [1.165, 1.54) is 0 Å². The van der Waals surface area contributed by atoms with E-state index in [4.69, 9.17) is 26.9 Å². The molecular weight excluding hydrogens is 176 g/mol. The largest absolute Gasteiger partial charge is 0.432 e. The van der Waals surface area contributed by atoms with Crippen molar-refractivity contribution in [1.82, 2.24) is 0 Å². The molecule has 0 aliphatic heterocycles. The van der Waals surface area contributed by atoms with Crippen molar-refractivity contribution in [2.45, 2.75) is 0 Å². The minimum atomic E-state index is -0.750. The van der Waals surface area contributed by atoms with Gasteiger partial charge in [-0.15, -0.1) is 0 Å². The Balaban J connectivity index is 0.000000354. The third-order valence-corrected chi connectivity index (χ3v) is 1.23. The van der Waals surface area contributed by atoms with Crippen LogP contribution in [0.5, 0.6) is 0 Å². The van der Waals surface area contributed by atoms with Gasteiger partial charge in [0.2, 0.25) is 0 Å². The lowest BCUT2D eigenvalue weighted by Gasteiger charge is -1.86. The number of rotatable bonds is 0. The van der Waals surface area contributed by atoms with Crippen LogP contribution in [0.3, 0.4) is 0 Å². The summed E-state index contributed by atoms with van der Waals surface area (Å²) in [5, 5.41) is 23.2. The fraction of sp³-hybridized carbons (Fsp3) is 0. The highest BCUT2D eigenvalue weighted by Crippen LogP contribution is 2.07. The van der Waals surface area contributed by atoms with E-state index in [1.807, 2.05) is 6.07 Å². The Labute approximate surface area is 76.1 Å². The van der Waals surface area contributed by atoms with Crippen LogP contribution in [-0.2, 0) is 0 Å². The summed E-state index contributed by atoms with van der Waals surface area (Å²) in [6.45, 7) is 0. The van der Waals surface area contributed by atoms with Crippen LogP contribution in [-0.4, -0.2) is 17.7 Å². The number of nitrogens with zero attached hydrogens (tertiary/aromatic N) is 1. The molecular formula is C7H7BClNO2. The molecule has 0 fully saturated rings. The maximum Gasteiger partial charge on any atom is 0.432 e. The lowest BCUT2D eigenvalue weighted by atomic mass is 10.2. The molecule has 2 N–H and O–H groups in total. The number of hydrogen-bond acceptors (Lipinski definition) is 3. The second-order valence-electron chi connectivity index (χ2n) is 1.76. The SMILES string of the molecule is N#Cc1ccc(Cl)cc1.OBO. The average molecular weight is 183 g/mol. The third kappa shape index (κ3) is 4.75. The Morgan fingerprint density at radius 3 is 2.00 bits per heavy atom. The molecule has 0 heterocycles. The summed E-state index contributed by atoms with van der Waals surface area (Å²) >= 11 is 5.56. The normalized spacial score (nSPS) is 7.50. The standard InChI is InChI=1S/C7H4ClN.BH3O2/c8-7-3-1-6(5-9)2-4-7;2-1-3/h1-4H;1-3H. The highest BCUT2D eigenvalue weighted by atomic mass is 35.5. The van der Waals surface area contributed by atoms with Gasteiger partial charge >= 0.3 is 7.69 Å². The summed E-state index contributed by atoms with van der Waals surface area (Å²) in [6.07, 6.45) is 0. The molecule has 5 heteroatoms. The molecule has 1 aromatic carbocycles. The molecule has 0 saturated carbocycles. The van der Waals surface area contributed by atoms with Crippen molar-refractivity contribution in [3.05, 3.63) is 34.9 Å². The van der Waals surface area contributed by atoms with E-state index < -0.39 is 7.69 Å². The number of nitriles is 1. The first kappa shape index (κ1) is 11.0. The molecule has 3 nitrogen and oxygen atoms in total. The average Bonchev–Trinajstić information content (AvgIpc) is 2.07. The Kier molecular flexibility index (Phi) is 6.11. The van der Waals surface area contributed by atoms with Gasteiger partial charge in [0.15, 0.2) is 0 Å². The molecule has 0 saturated heterocycles. The molecule has 62 valence electrons. The van der Waals surface area contributed by atoms with Gasteiger partial charge in [-0.3, -0.25) is 0 Å². The Bertz CT molecular complexity index is 257. The van der Waals surface area contributed by atoms with Gasteiger partial charge in [-0.2, -0.15) is 5.26 Å². The molecule has 0 atom stereocenters. The molecule has 0 radical (unpaired) electrons. The van der Waals surface area contributed by atoms with Crippen molar-refractivity contribution in [3.8, 4) is 6.07 Å². The fourth-order valence-corrected chi connectivity index (χ4v) is 0.650. The smallest absolute Gasteiger partial charge is 0.430 e. The maximum atomic E-state index is 8.34. The van der Waals surface area contributed by atoms with Gasteiger partial charge < -0.3 is 10.0 Å². The Hall–Kier alpha value is -1.02. The van der Waals surface area contributed by atoms with Gasteiger partial charge in [0.25, 0.3) is 0 Å². The predicted octanol–water partition coefficient (Wildman–Crippen LogP) is 0.449. The summed E-state index contributed by atoms with van der Waals surface area (Å²) in [5.41, 5.74) is 0.638. The monoisotopic (exact) mass is 183 g/mol. The highest BCUT2D eigenvalue weighted by Gasteiger charge is 1.86. The zero-order valence-electron chi connectivity index (χ0n) is 6.24. The van der Waals surface area contributed by atoms with Gasteiger partial charge in [0, 0.05) is 5.02 Å². The van der Waals surface area contributed by atoms with Crippen LogP contribution in [0.1, 0.15) is 5.56 Å². The number of hydrogen-bond donors (Lipinski definition) is 2. The lowest BCUT2D eigenvalue weighted by Crippen LogP contribution is -1.75. The van der Waals surface area contributed by atoms with Gasteiger partial charge in [-0.05, 0) is 24.3 Å². The third-order valence-electron chi connectivity index (χ3n) is 0.973. The lowest BCUT2D eigenvalue weighted by molar-refractivity contribution is 0.448. The van der Waals surface area contributed by atoms with Crippen molar-refractivity contribution < 1.29 is 10.0 Å². The van der Waals surface area contributed by atoms with Crippen LogP contribution in [0.25, 0.3) is 0 Å². The molecule has 1 aromatic rings. The van der Waals surface area contributed by atoms with Crippen LogP contribution >= 0.6 is 11.6 Å². The van der Waals surface area contributed by atoms with Gasteiger partial charge in [-0.25, -0.2) is 0 Å². The van der Waals surface area contributed by atoms with E-state index in [0.717, 1.165) is 0 Å². The van der Waals surface area contributed by atoms with Gasteiger partial charge in [0.1, 0.15) is 0 Å². The van der Waals surface area contributed by atoms with E-state index in [1.54, 1.807) is 24.3 Å². The van der Waals surface area contributed by atoms with E-state index in [9.17, 15) is 0 Å². The second kappa shape index (κ2) is 6.68. The van der Waals surface area contributed by atoms with Gasteiger partial charge in [-0.1, -0.05) is 11.6 Å². The molecule has 0 unspecified atom stereocenters. The second-order valence-corrected chi connectivity index (χ2v) is 2.20. The van der Waals surface area contributed by atoms with Crippen molar-refractivity contribution >= 4 is 19.3 Å². The van der Waals surface area contributed by atoms with Crippen LogP contribution in [0, 0.1) is 11.3 Å². The Morgan fingerprint density at radius 1 is 1.25 bits per heavy atom. The summed E-state index contributed by atoms with van der Waals surface area (Å²) in [5.74, 6) is 0. The Morgan fingerprint density at radius 2 is 1.67 bits per heavy atom. The van der Waals surface area contributed by atoms with Crippen LogP contribution in [0.2, 0.25) is 5.02 Å². The van der Waals surface area contributed by atoms with Crippen LogP contribution < -0.4 is 0 Å². The van der Waals surface area contributed by atoms with Crippen molar-refractivity contribution in [1.29, 1.82) is 5.26 Å². The predicted molar refractivity (Wildman–Crippen MR) is 47.8 cm³/mol. The van der Waals surface area contributed by atoms with E-state index in [0.29, 0.717) is 10.6 Å². The van der Waals surface area contributed by atoms with E-state index in [-0.39, 0.29) is 0 Å². The van der Waals surface area contributed by atoms with Crippen molar-refractivity contribution in [2.75, 3.05) is 0 Å². The summed E-state index contributed by atoms with van der Waals surface area (Å²) in [4.78, 5) is 0. The molecule has 12 heavy (non-hydrogen) atoms. The molecule has 0 aliphatic rings. The first-order chi connectivity index (χ1) is 5.74. The van der Waals surface area contributed by atoms with Gasteiger partial charge in [0.05, 0.1) is 11.6 Å². The molecule has 0 aromatic heterocycles. The molecule has 1 rings (SSSR count). The molecule has 0 amide bonds. The maximum absolute atomic E-state index is 8.34. The summed E-state index contributed by atoms with van der Waals surface area (Å²) in [7, 11) is -0.750. The zero-order valence-corrected chi connectivity index (χ0v) is 6.99. The molecule has 0 bridgehead atoms. The number of halogens is 1. The zero-order chi connectivity index (χ0) is 9.40.